The molecule has 1 aliphatic heterocycles. The number of carbonyl (C=O) groups excluding carboxylic acids is 1. The van der Waals surface area contributed by atoms with Crippen molar-refractivity contribution < 1.29 is 14.7 Å². The topological polar surface area (TPSA) is 60.9 Å². The van der Waals surface area contributed by atoms with E-state index in [0.29, 0.717) is 32.5 Å². The van der Waals surface area contributed by atoms with Crippen LogP contribution in [0.5, 0.6) is 0 Å². The van der Waals surface area contributed by atoms with Crippen molar-refractivity contribution in [1.29, 1.82) is 0 Å². The monoisotopic (exact) mass is 270 g/mol. The van der Waals surface area contributed by atoms with Crippen molar-refractivity contribution in [3.05, 3.63) is 0 Å². The third-order valence-electron chi connectivity index (χ3n) is 3.96. The molecule has 0 aromatic rings. The van der Waals surface area contributed by atoms with Crippen molar-refractivity contribution in [3.8, 4) is 0 Å². The van der Waals surface area contributed by atoms with Crippen LogP contribution >= 0.6 is 0 Å². The number of rotatable bonds is 6. The number of urea groups is 1. The van der Waals surface area contributed by atoms with Gasteiger partial charge < -0.3 is 14.9 Å². The van der Waals surface area contributed by atoms with Crippen LogP contribution in [-0.2, 0) is 4.79 Å². The van der Waals surface area contributed by atoms with Crippen LogP contribution in [0.25, 0.3) is 0 Å². The van der Waals surface area contributed by atoms with Gasteiger partial charge in [0, 0.05) is 19.6 Å². The Bertz CT molecular complexity index is 327. The van der Waals surface area contributed by atoms with Crippen LogP contribution < -0.4 is 0 Å². The summed E-state index contributed by atoms with van der Waals surface area (Å²) in [7, 11) is 0. The van der Waals surface area contributed by atoms with Crippen LogP contribution in [0.4, 0.5) is 4.79 Å². The summed E-state index contributed by atoms with van der Waals surface area (Å²) in [6.07, 6.45) is 3.60. The number of nitrogens with zero attached hydrogens (tertiary/aromatic N) is 2. The highest BCUT2D eigenvalue weighted by molar-refractivity contribution is 5.87. The SMILES string of the molecule is CCCN(CCC)C(=O)N1CCCC1(CC)C(=O)O. The lowest BCUT2D eigenvalue weighted by molar-refractivity contribution is -0.148. The van der Waals surface area contributed by atoms with Gasteiger partial charge in [-0.3, -0.25) is 0 Å². The van der Waals surface area contributed by atoms with E-state index in [0.717, 1.165) is 19.3 Å². The second kappa shape index (κ2) is 6.78. The zero-order valence-corrected chi connectivity index (χ0v) is 12.3. The van der Waals surface area contributed by atoms with Crippen molar-refractivity contribution >= 4 is 12.0 Å². The smallest absolute Gasteiger partial charge is 0.329 e. The van der Waals surface area contributed by atoms with Crippen LogP contribution in [0.3, 0.4) is 0 Å². The molecule has 2 amide bonds. The lowest BCUT2D eigenvalue weighted by atomic mass is 9.93. The molecule has 1 heterocycles. The van der Waals surface area contributed by atoms with E-state index in [-0.39, 0.29) is 6.03 Å². The molecule has 5 nitrogen and oxygen atoms in total. The van der Waals surface area contributed by atoms with Crippen LogP contribution in [0.15, 0.2) is 0 Å². The molecular formula is C14H26N2O3. The lowest BCUT2D eigenvalue weighted by Crippen LogP contribution is -2.56. The number of hydrogen-bond donors (Lipinski definition) is 1. The third-order valence-corrected chi connectivity index (χ3v) is 3.96. The molecule has 0 aromatic carbocycles. The number of hydrogen-bond acceptors (Lipinski definition) is 2. The van der Waals surface area contributed by atoms with E-state index < -0.39 is 11.5 Å². The van der Waals surface area contributed by atoms with E-state index in [2.05, 4.69) is 0 Å². The van der Waals surface area contributed by atoms with Gasteiger partial charge in [0.05, 0.1) is 0 Å². The van der Waals surface area contributed by atoms with Gasteiger partial charge in [-0.15, -0.1) is 0 Å². The Kier molecular flexibility index (Phi) is 5.63. The van der Waals surface area contributed by atoms with Gasteiger partial charge in [0.2, 0.25) is 0 Å². The first-order chi connectivity index (χ1) is 9.03. The molecule has 0 radical (unpaired) electrons. The van der Waals surface area contributed by atoms with Crippen molar-refractivity contribution in [3.63, 3.8) is 0 Å². The maximum absolute atomic E-state index is 12.6. The molecule has 19 heavy (non-hydrogen) atoms. The average molecular weight is 270 g/mol. The van der Waals surface area contributed by atoms with E-state index in [1.165, 1.54) is 0 Å². The number of carboxylic acids is 1. The van der Waals surface area contributed by atoms with Crippen molar-refractivity contribution in [2.75, 3.05) is 19.6 Å². The molecule has 1 rings (SSSR count). The predicted molar refractivity (Wildman–Crippen MR) is 74.1 cm³/mol. The van der Waals surface area contributed by atoms with Gasteiger partial charge in [0.25, 0.3) is 0 Å². The minimum Gasteiger partial charge on any atom is -0.479 e. The molecule has 1 fully saturated rings. The standard InChI is InChI=1S/C14H26N2O3/c1-4-9-15(10-5-2)13(19)16-11-7-8-14(16,6-3)12(17)18/h4-11H2,1-3H3,(H,17,18). The van der Waals surface area contributed by atoms with Gasteiger partial charge in [-0.1, -0.05) is 20.8 Å². The van der Waals surface area contributed by atoms with E-state index >= 15 is 0 Å². The number of likely N-dealkylation sites (tertiary alicyclic amines) is 1. The molecule has 0 saturated carbocycles. The van der Waals surface area contributed by atoms with Gasteiger partial charge in [0.1, 0.15) is 5.54 Å². The number of carbonyl (C=O) groups is 2. The highest BCUT2D eigenvalue weighted by Crippen LogP contribution is 2.33. The van der Waals surface area contributed by atoms with Crippen molar-refractivity contribution in [1.82, 2.24) is 9.80 Å². The first kappa shape index (κ1) is 15.8. The van der Waals surface area contributed by atoms with Crippen LogP contribution in [0, 0.1) is 0 Å². The Labute approximate surface area is 115 Å². The summed E-state index contributed by atoms with van der Waals surface area (Å²) in [5.74, 6) is -0.867. The first-order valence-electron chi connectivity index (χ1n) is 7.33. The summed E-state index contributed by atoms with van der Waals surface area (Å²) < 4.78 is 0. The van der Waals surface area contributed by atoms with E-state index in [9.17, 15) is 14.7 Å². The first-order valence-corrected chi connectivity index (χ1v) is 7.33. The summed E-state index contributed by atoms with van der Waals surface area (Å²) in [4.78, 5) is 27.6. The van der Waals surface area contributed by atoms with Crippen LogP contribution in [0.1, 0.15) is 52.9 Å². The second-order valence-electron chi connectivity index (χ2n) is 5.22. The number of aliphatic carboxylic acids is 1. The molecule has 0 aromatic heterocycles. The Morgan fingerprint density at radius 2 is 1.79 bits per heavy atom. The maximum atomic E-state index is 12.6. The number of carboxylic acid groups (broad SMARTS) is 1. The summed E-state index contributed by atoms with van der Waals surface area (Å²) in [5, 5.41) is 9.51. The summed E-state index contributed by atoms with van der Waals surface area (Å²) in [6.45, 7) is 7.87. The molecule has 110 valence electrons. The minimum atomic E-state index is -0.989. The molecule has 5 heteroatoms. The molecule has 1 N–H and O–H groups in total. The van der Waals surface area contributed by atoms with E-state index in [4.69, 9.17) is 0 Å². The fourth-order valence-corrected chi connectivity index (χ4v) is 2.91. The second-order valence-corrected chi connectivity index (χ2v) is 5.22. The highest BCUT2D eigenvalue weighted by atomic mass is 16.4. The Balaban J connectivity index is 2.92. The Morgan fingerprint density at radius 1 is 1.21 bits per heavy atom. The van der Waals surface area contributed by atoms with Crippen LogP contribution in [-0.4, -0.2) is 52.1 Å². The van der Waals surface area contributed by atoms with Crippen LogP contribution in [0.2, 0.25) is 0 Å². The summed E-state index contributed by atoms with van der Waals surface area (Å²) in [5.41, 5.74) is -0.989. The van der Waals surface area contributed by atoms with Crippen molar-refractivity contribution in [2.24, 2.45) is 0 Å². The molecule has 1 aliphatic rings. The Hall–Kier alpha value is -1.26. The molecule has 0 bridgehead atoms. The normalized spacial score (nSPS) is 22.6. The molecule has 1 saturated heterocycles. The molecule has 0 aliphatic carbocycles. The maximum Gasteiger partial charge on any atom is 0.329 e. The average Bonchev–Trinajstić information content (AvgIpc) is 2.82. The van der Waals surface area contributed by atoms with Crippen molar-refractivity contribution in [2.45, 2.75) is 58.4 Å². The summed E-state index contributed by atoms with van der Waals surface area (Å²) >= 11 is 0. The molecule has 1 atom stereocenters. The summed E-state index contributed by atoms with van der Waals surface area (Å²) in [6, 6.07) is -0.106. The molecule has 1 unspecified atom stereocenters. The highest BCUT2D eigenvalue weighted by Gasteiger charge is 2.49. The van der Waals surface area contributed by atoms with Gasteiger partial charge in [0.15, 0.2) is 0 Å². The minimum absolute atomic E-state index is 0.106. The fraction of sp³-hybridized carbons (Fsp3) is 0.857. The fourth-order valence-electron chi connectivity index (χ4n) is 2.91. The largest absolute Gasteiger partial charge is 0.479 e. The van der Waals surface area contributed by atoms with Gasteiger partial charge in [-0.05, 0) is 32.1 Å². The van der Waals surface area contributed by atoms with Gasteiger partial charge >= 0.3 is 12.0 Å². The number of amides is 2. The zero-order chi connectivity index (χ0) is 14.5. The Morgan fingerprint density at radius 3 is 2.21 bits per heavy atom. The lowest BCUT2D eigenvalue weighted by Gasteiger charge is -2.37. The molecule has 0 spiro atoms. The predicted octanol–water partition coefficient (Wildman–Crippen LogP) is 2.56. The van der Waals surface area contributed by atoms with E-state index in [1.807, 2.05) is 20.8 Å². The quantitative estimate of drug-likeness (QED) is 0.807. The van der Waals surface area contributed by atoms with E-state index in [1.54, 1.807) is 9.80 Å². The van der Waals surface area contributed by atoms with Gasteiger partial charge in [-0.2, -0.15) is 0 Å². The third kappa shape index (κ3) is 3.01. The molecular weight excluding hydrogens is 244 g/mol. The zero-order valence-electron chi connectivity index (χ0n) is 12.3. The van der Waals surface area contributed by atoms with Gasteiger partial charge in [-0.25, -0.2) is 9.59 Å².